The molecule has 28 heavy (non-hydrogen) atoms. The van der Waals surface area contributed by atoms with Crippen LogP contribution in [-0.2, 0) is 0 Å². The van der Waals surface area contributed by atoms with Crippen molar-refractivity contribution >= 4 is 30.7 Å². The van der Waals surface area contributed by atoms with E-state index in [0.29, 0.717) is 36.4 Å². The van der Waals surface area contributed by atoms with Crippen LogP contribution < -0.4 is 10.5 Å². The fourth-order valence-electron chi connectivity index (χ4n) is 2.46. The SMILES string of the molecule is Fc1c[c]([Sb]([c]2cc(F)c(F)c(F)c2)[c]2cc(F)c(F)c(F)c2)cc(F)c1F. The summed E-state index contributed by atoms with van der Waals surface area (Å²) in [6, 6.07) is 3.08. The first kappa shape index (κ1) is 20.6. The second kappa shape index (κ2) is 7.70. The molecule has 0 spiro atoms. The van der Waals surface area contributed by atoms with Crippen molar-refractivity contribution < 1.29 is 39.5 Å². The van der Waals surface area contributed by atoms with Gasteiger partial charge in [-0.05, 0) is 0 Å². The van der Waals surface area contributed by atoms with Crippen LogP contribution in [0, 0.1) is 52.4 Å². The first-order valence-corrected chi connectivity index (χ1v) is 11.2. The summed E-state index contributed by atoms with van der Waals surface area (Å²) in [6.45, 7) is 0. The third-order valence-corrected chi connectivity index (χ3v) is 10.3. The molecule has 0 radical (unpaired) electrons. The predicted octanol–water partition coefficient (Wildman–Crippen LogP) is 3.45. The summed E-state index contributed by atoms with van der Waals surface area (Å²) in [6.07, 6.45) is 0. The molecule has 0 amide bonds. The summed E-state index contributed by atoms with van der Waals surface area (Å²) < 4.78 is 121. The summed E-state index contributed by atoms with van der Waals surface area (Å²) in [5.41, 5.74) is 0. The summed E-state index contributed by atoms with van der Waals surface area (Å²) in [7, 11) is 0. The van der Waals surface area contributed by atoms with Crippen molar-refractivity contribution in [3.8, 4) is 0 Å². The molecule has 3 aromatic carbocycles. The Bertz CT molecular complexity index is 875. The summed E-state index contributed by atoms with van der Waals surface area (Å²) >= 11 is -4.05. The molecule has 146 valence electrons. The molecule has 0 atom stereocenters. The Morgan fingerprint density at radius 1 is 0.357 bits per heavy atom. The van der Waals surface area contributed by atoms with Crippen LogP contribution in [0.2, 0.25) is 0 Å². The van der Waals surface area contributed by atoms with E-state index in [1.54, 1.807) is 0 Å². The van der Waals surface area contributed by atoms with E-state index in [9.17, 15) is 39.5 Å². The monoisotopic (exact) mass is 514 g/mol. The standard InChI is InChI=1S/3C6H2F3.Sb/c3*7-4-2-1-3-5(8)6(4)9;/h3*2-3H;. The van der Waals surface area contributed by atoms with E-state index in [4.69, 9.17) is 0 Å². The molecule has 0 heterocycles. The van der Waals surface area contributed by atoms with E-state index in [-0.39, 0.29) is 10.5 Å². The van der Waals surface area contributed by atoms with Crippen LogP contribution in [0.25, 0.3) is 0 Å². The average Bonchev–Trinajstić information content (AvgIpc) is 2.62. The van der Waals surface area contributed by atoms with Gasteiger partial charge in [0.25, 0.3) is 0 Å². The van der Waals surface area contributed by atoms with Crippen molar-refractivity contribution in [3.05, 3.63) is 88.8 Å². The molecule has 0 aliphatic carbocycles. The summed E-state index contributed by atoms with van der Waals surface area (Å²) in [4.78, 5) is 0. The van der Waals surface area contributed by atoms with Crippen LogP contribution >= 0.6 is 0 Å². The van der Waals surface area contributed by atoms with Gasteiger partial charge in [0, 0.05) is 0 Å². The van der Waals surface area contributed by atoms with Crippen molar-refractivity contribution in [2.24, 2.45) is 0 Å². The zero-order chi connectivity index (χ0) is 20.7. The second-order valence-corrected chi connectivity index (χ2v) is 11.8. The van der Waals surface area contributed by atoms with Crippen molar-refractivity contribution in [2.75, 3.05) is 0 Å². The zero-order valence-corrected chi connectivity index (χ0v) is 15.9. The molecular formula is C18H6F9Sb. The molecular weight excluding hydrogens is 509 g/mol. The van der Waals surface area contributed by atoms with E-state index >= 15 is 0 Å². The van der Waals surface area contributed by atoms with Crippen LogP contribution in [0.1, 0.15) is 0 Å². The minimum atomic E-state index is -4.05. The molecule has 0 bridgehead atoms. The van der Waals surface area contributed by atoms with Gasteiger partial charge in [-0.1, -0.05) is 0 Å². The molecule has 10 heteroatoms. The normalized spacial score (nSPS) is 11.4. The Balaban J connectivity index is 2.32. The van der Waals surface area contributed by atoms with Gasteiger partial charge in [-0.2, -0.15) is 0 Å². The molecule has 0 aliphatic heterocycles. The minimum absolute atomic E-state index is 0.324. The number of rotatable bonds is 3. The van der Waals surface area contributed by atoms with Gasteiger partial charge in [-0.25, -0.2) is 0 Å². The van der Waals surface area contributed by atoms with Gasteiger partial charge < -0.3 is 0 Å². The Labute approximate surface area is 159 Å². The fraction of sp³-hybridized carbons (Fsp3) is 0. The summed E-state index contributed by atoms with van der Waals surface area (Å²) in [5.74, 6) is -15.3. The maximum atomic E-state index is 13.7. The number of hydrogen-bond donors (Lipinski definition) is 0. The molecule has 0 unspecified atom stereocenters. The third-order valence-electron chi connectivity index (χ3n) is 3.68. The molecule has 3 aromatic rings. The average molecular weight is 515 g/mol. The third kappa shape index (κ3) is 3.72. The molecule has 0 saturated carbocycles. The Morgan fingerprint density at radius 2 is 0.536 bits per heavy atom. The summed E-state index contributed by atoms with van der Waals surface area (Å²) in [5, 5.41) is 0. The second-order valence-electron chi connectivity index (χ2n) is 5.51. The fourth-order valence-corrected chi connectivity index (χ4v) is 9.17. The van der Waals surface area contributed by atoms with Gasteiger partial charge in [0.1, 0.15) is 0 Å². The van der Waals surface area contributed by atoms with E-state index in [0.717, 1.165) is 0 Å². The first-order chi connectivity index (χ1) is 13.1. The van der Waals surface area contributed by atoms with Crippen LogP contribution in [0.15, 0.2) is 36.4 Å². The van der Waals surface area contributed by atoms with E-state index in [1.807, 2.05) is 0 Å². The molecule has 0 N–H and O–H groups in total. The molecule has 0 nitrogen and oxygen atoms in total. The van der Waals surface area contributed by atoms with Gasteiger partial charge in [-0.3, -0.25) is 0 Å². The molecule has 0 aliphatic rings. The van der Waals surface area contributed by atoms with Gasteiger partial charge in [0.15, 0.2) is 0 Å². The van der Waals surface area contributed by atoms with Gasteiger partial charge in [-0.15, -0.1) is 0 Å². The van der Waals surface area contributed by atoms with Gasteiger partial charge in [0.2, 0.25) is 0 Å². The molecule has 0 saturated heterocycles. The van der Waals surface area contributed by atoms with E-state index in [1.165, 1.54) is 0 Å². The van der Waals surface area contributed by atoms with Crippen LogP contribution in [0.3, 0.4) is 0 Å². The topological polar surface area (TPSA) is 0 Å². The van der Waals surface area contributed by atoms with Crippen molar-refractivity contribution in [2.45, 2.75) is 0 Å². The predicted molar refractivity (Wildman–Crippen MR) is 83.6 cm³/mol. The van der Waals surface area contributed by atoms with Crippen LogP contribution in [-0.4, -0.2) is 20.2 Å². The van der Waals surface area contributed by atoms with Crippen molar-refractivity contribution in [1.82, 2.24) is 0 Å². The molecule has 0 fully saturated rings. The Kier molecular flexibility index (Phi) is 5.66. The molecule has 0 aromatic heterocycles. The van der Waals surface area contributed by atoms with Gasteiger partial charge in [0.05, 0.1) is 0 Å². The van der Waals surface area contributed by atoms with Crippen LogP contribution in [0.5, 0.6) is 0 Å². The molecule has 3 rings (SSSR count). The van der Waals surface area contributed by atoms with E-state index in [2.05, 4.69) is 0 Å². The van der Waals surface area contributed by atoms with Gasteiger partial charge >= 0.3 is 159 Å². The number of halogens is 9. The quantitative estimate of drug-likeness (QED) is 0.285. The van der Waals surface area contributed by atoms with Crippen molar-refractivity contribution in [3.63, 3.8) is 0 Å². The van der Waals surface area contributed by atoms with E-state index < -0.39 is 72.6 Å². The Morgan fingerprint density at radius 3 is 0.714 bits per heavy atom. The van der Waals surface area contributed by atoms with Crippen LogP contribution in [0.4, 0.5) is 39.5 Å². The van der Waals surface area contributed by atoms with Crippen molar-refractivity contribution in [1.29, 1.82) is 0 Å². The maximum absolute atomic E-state index is 13.7. The number of benzene rings is 3. The first-order valence-electron chi connectivity index (χ1n) is 7.34. The zero-order valence-electron chi connectivity index (χ0n) is 13.3. The Hall–Kier alpha value is -2.15. The number of hydrogen-bond acceptors (Lipinski definition) is 0.